The van der Waals surface area contributed by atoms with E-state index in [1.807, 2.05) is 13.0 Å². The van der Waals surface area contributed by atoms with Crippen molar-refractivity contribution >= 4 is 10.9 Å². The first-order chi connectivity index (χ1) is 13.1. The molecule has 1 aliphatic rings. The number of aromatic nitrogens is 1. The highest BCUT2D eigenvalue weighted by molar-refractivity contribution is 5.94. The molecule has 2 heterocycles. The number of halogens is 1. The standard InChI is InChI=1S/C23H22FN3/c1-14-11-18(13-25)23-21(12-14)20(8-5-16-9-10-26-15(16)2)22(27-23)17-3-6-19(24)7-4-17/h3-4,6-7,11-12,16,26-27H,2,5,8-10H2,1H3. The minimum absolute atomic E-state index is 0.252. The van der Waals surface area contributed by atoms with Crippen LogP contribution in [0.25, 0.3) is 22.2 Å². The number of nitriles is 1. The summed E-state index contributed by atoms with van der Waals surface area (Å²) in [6, 6.07) is 12.9. The predicted molar refractivity (Wildman–Crippen MR) is 107 cm³/mol. The van der Waals surface area contributed by atoms with Gasteiger partial charge < -0.3 is 10.3 Å². The third-order valence-corrected chi connectivity index (χ3v) is 5.49. The predicted octanol–water partition coefficient (Wildman–Crippen LogP) is 5.21. The Morgan fingerprint density at radius 1 is 1.26 bits per heavy atom. The Balaban J connectivity index is 1.83. The van der Waals surface area contributed by atoms with Crippen LogP contribution in [0.3, 0.4) is 0 Å². The summed E-state index contributed by atoms with van der Waals surface area (Å²) < 4.78 is 13.4. The van der Waals surface area contributed by atoms with E-state index in [2.05, 4.69) is 29.0 Å². The molecule has 1 aromatic heterocycles. The van der Waals surface area contributed by atoms with Gasteiger partial charge in [0.05, 0.1) is 11.1 Å². The van der Waals surface area contributed by atoms with Crippen molar-refractivity contribution in [1.82, 2.24) is 10.3 Å². The highest BCUT2D eigenvalue weighted by atomic mass is 19.1. The summed E-state index contributed by atoms with van der Waals surface area (Å²) >= 11 is 0. The Morgan fingerprint density at radius 2 is 2.04 bits per heavy atom. The molecule has 3 nitrogen and oxygen atoms in total. The molecular weight excluding hydrogens is 337 g/mol. The van der Waals surface area contributed by atoms with Crippen LogP contribution in [0, 0.1) is 30.0 Å². The second-order valence-electron chi connectivity index (χ2n) is 7.31. The molecule has 2 N–H and O–H groups in total. The molecular formula is C23H22FN3. The molecule has 2 aromatic carbocycles. The number of nitrogens with one attached hydrogen (secondary N) is 2. The zero-order valence-corrected chi connectivity index (χ0v) is 15.4. The Kier molecular flexibility index (Phi) is 4.45. The Hall–Kier alpha value is -3.06. The highest BCUT2D eigenvalue weighted by Gasteiger charge is 2.21. The number of fused-ring (bicyclic) bond motifs is 1. The molecule has 0 aliphatic carbocycles. The van der Waals surface area contributed by atoms with Crippen LogP contribution in [0.5, 0.6) is 0 Å². The summed E-state index contributed by atoms with van der Waals surface area (Å²) in [5.74, 6) is 0.217. The molecule has 0 spiro atoms. The lowest BCUT2D eigenvalue weighted by molar-refractivity contribution is 0.584. The molecule has 136 valence electrons. The average molecular weight is 359 g/mol. The first-order valence-corrected chi connectivity index (χ1v) is 9.30. The maximum atomic E-state index is 13.4. The van der Waals surface area contributed by atoms with Gasteiger partial charge in [-0.15, -0.1) is 0 Å². The highest BCUT2D eigenvalue weighted by Crippen LogP contribution is 2.35. The van der Waals surface area contributed by atoms with Gasteiger partial charge in [-0.05, 0) is 79.3 Å². The lowest BCUT2D eigenvalue weighted by atomic mass is 9.93. The second-order valence-corrected chi connectivity index (χ2v) is 7.31. The monoisotopic (exact) mass is 359 g/mol. The van der Waals surface area contributed by atoms with Crippen LogP contribution < -0.4 is 5.32 Å². The molecule has 4 rings (SSSR count). The molecule has 0 saturated carbocycles. The van der Waals surface area contributed by atoms with Crippen molar-refractivity contribution in [1.29, 1.82) is 5.26 Å². The summed E-state index contributed by atoms with van der Waals surface area (Å²) in [6.07, 6.45) is 2.99. The van der Waals surface area contributed by atoms with E-state index in [4.69, 9.17) is 0 Å². The van der Waals surface area contributed by atoms with Crippen molar-refractivity contribution in [3.05, 3.63) is 71.2 Å². The number of nitrogens with zero attached hydrogens (tertiary/aromatic N) is 1. The maximum absolute atomic E-state index is 13.4. The zero-order chi connectivity index (χ0) is 19.0. The smallest absolute Gasteiger partial charge is 0.123 e. The fourth-order valence-electron chi connectivity index (χ4n) is 4.07. The fourth-order valence-corrected chi connectivity index (χ4v) is 4.07. The topological polar surface area (TPSA) is 51.6 Å². The normalized spacial score (nSPS) is 16.5. The molecule has 0 bridgehead atoms. The molecule has 1 fully saturated rings. The third-order valence-electron chi connectivity index (χ3n) is 5.49. The van der Waals surface area contributed by atoms with Crippen LogP contribution in [-0.2, 0) is 6.42 Å². The summed E-state index contributed by atoms with van der Waals surface area (Å²) in [4.78, 5) is 3.45. The van der Waals surface area contributed by atoms with Gasteiger partial charge >= 0.3 is 0 Å². The fraction of sp³-hybridized carbons (Fsp3) is 0.261. The van der Waals surface area contributed by atoms with Crippen LogP contribution in [0.2, 0.25) is 0 Å². The maximum Gasteiger partial charge on any atom is 0.123 e. The van der Waals surface area contributed by atoms with Crippen molar-refractivity contribution < 1.29 is 4.39 Å². The molecule has 1 saturated heterocycles. The number of allylic oxidation sites excluding steroid dienone is 1. The molecule has 1 aliphatic heterocycles. The minimum Gasteiger partial charge on any atom is -0.389 e. The third kappa shape index (κ3) is 3.21. The molecule has 0 amide bonds. The van der Waals surface area contributed by atoms with Gasteiger partial charge in [0, 0.05) is 29.2 Å². The van der Waals surface area contributed by atoms with E-state index in [1.165, 1.54) is 17.7 Å². The number of hydrogen-bond donors (Lipinski definition) is 2. The van der Waals surface area contributed by atoms with Crippen LogP contribution >= 0.6 is 0 Å². The number of hydrogen-bond acceptors (Lipinski definition) is 2. The Labute approximate surface area is 158 Å². The van der Waals surface area contributed by atoms with Crippen LogP contribution in [0.4, 0.5) is 4.39 Å². The molecule has 0 radical (unpaired) electrons. The van der Waals surface area contributed by atoms with Gasteiger partial charge in [-0.2, -0.15) is 5.26 Å². The number of rotatable bonds is 4. The first-order valence-electron chi connectivity index (χ1n) is 9.30. The van der Waals surface area contributed by atoms with Crippen molar-refractivity contribution in [3.8, 4) is 17.3 Å². The van der Waals surface area contributed by atoms with E-state index in [9.17, 15) is 9.65 Å². The number of H-pyrrole nitrogens is 1. The van der Waals surface area contributed by atoms with Crippen LogP contribution in [-0.4, -0.2) is 11.5 Å². The minimum atomic E-state index is -0.252. The van der Waals surface area contributed by atoms with Crippen LogP contribution in [0.15, 0.2) is 48.7 Å². The van der Waals surface area contributed by atoms with Crippen molar-refractivity contribution in [3.63, 3.8) is 0 Å². The van der Waals surface area contributed by atoms with E-state index in [0.717, 1.165) is 59.2 Å². The van der Waals surface area contributed by atoms with E-state index >= 15 is 0 Å². The lowest BCUT2D eigenvalue weighted by Crippen LogP contribution is -2.06. The SMILES string of the molecule is C=C1NCCC1CCc1c(-c2ccc(F)cc2)[nH]c2c(C#N)cc(C)cc12. The van der Waals surface area contributed by atoms with Crippen molar-refractivity contribution in [2.75, 3.05) is 6.54 Å². The number of aryl methyl sites for hydroxylation is 2. The van der Waals surface area contributed by atoms with Gasteiger partial charge in [-0.3, -0.25) is 0 Å². The summed E-state index contributed by atoms with van der Waals surface area (Å²) in [5, 5.41) is 14.0. The summed E-state index contributed by atoms with van der Waals surface area (Å²) in [6.45, 7) is 7.12. The quantitative estimate of drug-likeness (QED) is 0.672. The van der Waals surface area contributed by atoms with Gasteiger partial charge in [0.25, 0.3) is 0 Å². The lowest BCUT2D eigenvalue weighted by Gasteiger charge is -2.11. The van der Waals surface area contributed by atoms with Gasteiger partial charge in [0.1, 0.15) is 11.9 Å². The van der Waals surface area contributed by atoms with E-state index in [0.29, 0.717) is 11.5 Å². The zero-order valence-electron chi connectivity index (χ0n) is 15.4. The van der Waals surface area contributed by atoms with E-state index in [-0.39, 0.29) is 5.82 Å². The van der Waals surface area contributed by atoms with E-state index < -0.39 is 0 Å². The molecule has 3 aromatic rings. The van der Waals surface area contributed by atoms with E-state index in [1.54, 1.807) is 12.1 Å². The summed E-state index contributed by atoms with van der Waals surface area (Å²) in [7, 11) is 0. The molecule has 1 unspecified atom stereocenters. The van der Waals surface area contributed by atoms with Gasteiger partial charge in [-0.1, -0.05) is 6.58 Å². The van der Waals surface area contributed by atoms with Gasteiger partial charge in [-0.25, -0.2) is 4.39 Å². The largest absolute Gasteiger partial charge is 0.389 e. The molecule has 4 heteroatoms. The Bertz CT molecular complexity index is 1050. The summed E-state index contributed by atoms with van der Waals surface area (Å²) in [5.41, 5.74) is 6.80. The van der Waals surface area contributed by atoms with Gasteiger partial charge in [0.15, 0.2) is 0 Å². The van der Waals surface area contributed by atoms with Crippen LogP contribution in [0.1, 0.15) is 29.5 Å². The van der Waals surface area contributed by atoms with Gasteiger partial charge in [0.2, 0.25) is 0 Å². The molecule has 1 atom stereocenters. The number of aromatic amines is 1. The Morgan fingerprint density at radius 3 is 2.70 bits per heavy atom. The van der Waals surface area contributed by atoms with Crippen molar-refractivity contribution in [2.45, 2.75) is 26.2 Å². The number of benzene rings is 2. The second kappa shape index (κ2) is 6.92. The van der Waals surface area contributed by atoms with Crippen molar-refractivity contribution in [2.24, 2.45) is 5.92 Å². The first kappa shape index (κ1) is 17.4. The average Bonchev–Trinajstić information content (AvgIpc) is 3.23. The molecule has 27 heavy (non-hydrogen) atoms.